The summed E-state index contributed by atoms with van der Waals surface area (Å²) >= 11 is 0. The lowest BCUT2D eigenvalue weighted by molar-refractivity contribution is -0.129. The van der Waals surface area contributed by atoms with Gasteiger partial charge in [-0.3, -0.25) is 9.59 Å². The number of carbonyl (C=O) groups is 3. The summed E-state index contributed by atoms with van der Waals surface area (Å²) in [6, 6.07) is 37.2. The molecule has 0 aliphatic carbocycles. The average molecular weight is 650 g/mol. The smallest absolute Gasteiger partial charge is 0.408 e. The van der Waals surface area contributed by atoms with Gasteiger partial charge in [0.05, 0.1) is 12.0 Å². The van der Waals surface area contributed by atoms with Crippen molar-refractivity contribution >= 4 is 17.9 Å². The Labute approximate surface area is 284 Å². The second-order valence-electron chi connectivity index (χ2n) is 13.0. The van der Waals surface area contributed by atoms with Crippen molar-refractivity contribution in [2.45, 2.75) is 64.3 Å². The molecule has 0 aromatic heterocycles. The van der Waals surface area contributed by atoms with E-state index in [9.17, 15) is 14.4 Å². The van der Waals surface area contributed by atoms with Crippen molar-refractivity contribution in [2.24, 2.45) is 5.92 Å². The first-order chi connectivity index (χ1) is 23.1. The molecule has 0 saturated heterocycles. The lowest BCUT2D eigenvalue weighted by Gasteiger charge is -2.37. The van der Waals surface area contributed by atoms with Gasteiger partial charge >= 0.3 is 6.09 Å². The van der Waals surface area contributed by atoms with E-state index in [0.717, 1.165) is 22.3 Å². The minimum Gasteiger partial charge on any atom is -0.445 e. The van der Waals surface area contributed by atoms with Crippen molar-refractivity contribution in [3.05, 3.63) is 144 Å². The molecule has 8 nitrogen and oxygen atoms in total. The lowest BCUT2D eigenvalue weighted by Crippen LogP contribution is -2.53. The maximum Gasteiger partial charge on any atom is 0.408 e. The fourth-order valence-electron chi connectivity index (χ4n) is 5.38. The molecule has 0 saturated carbocycles. The van der Waals surface area contributed by atoms with Crippen molar-refractivity contribution < 1.29 is 23.9 Å². The van der Waals surface area contributed by atoms with Crippen LogP contribution in [0.5, 0.6) is 0 Å². The number of ether oxygens (including phenoxy) is 2. The van der Waals surface area contributed by atoms with Gasteiger partial charge in [-0.1, -0.05) is 128 Å². The van der Waals surface area contributed by atoms with E-state index in [-0.39, 0.29) is 24.5 Å². The van der Waals surface area contributed by atoms with E-state index in [1.165, 1.54) is 0 Å². The monoisotopic (exact) mass is 649 g/mol. The Balaban J connectivity index is 1.56. The van der Waals surface area contributed by atoms with Crippen LogP contribution >= 0.6 is 0 Å². The van der Waals surface area contributed by atoms with Gasteiger partial charge in [0.2, 0.25) is 11.8 Å². The van der Waals surface area contributed by atoms with Gasteiger partial charge in [-0.2, -0.15) is 0 Å². The molecule has 8 heteroatoms. The molecule has 0 aliphatic rings. The van der Waals surface area contributed by atoms with Crippen LogP contribution in [-0.4, -0.2) is 42.7 Å². The highest BCUT2D eigenvalue weighted by Crippen LogP contribution is 2.37. The van der Waals surface area contributed by atoms with Gasteiger partial charge in [-0.25, -0.2) is 4.79 Å². The van der Waals surface area contributed by atoms with Gasteiger partial charge in [0.15, 0.2) is 0 Å². The molecule has 4 rings (SSSR count). The van der Waals surface area contributed by atoms with E-state index in [1.54, 1.807) is 0 Å². The highest BCUT2D eigenvalue weighted by molar-refractivity contribution is 5.91. The maximum atomic E-state index is 14.1. The first-order valence-electron chi connectivity index (χ1n) is 16.4. The van der Waals surface area contributed by atoms with Crippen molar-refractivity contribution in [3.8, 4) is 0 Å². The van der Waals surface area contributed by atoms with E-state index in [0.29, 0.717) is 19.6 Å². The molecule has 0 bridgehead atoms. The summed E-state index contributed by atoms with van der Waals surface area (Å²) in [6.07, 6.45) is -0.444. The van der Waals surface area contributed by atoms with E-state index >= 15 is 0 Å². The van der Waals surface area contributed by atoms with Crippen molar-refractivity contribution in [2.75, 3.05) is 13.2 Å². The Hall–Kier alpha value is -4.95. The number of benzene rings is 4. The molecule has 1 unspecified atom stereocenters. The Bertz CT molecular complexity index is 1480. The van der Waals surface area contributed by atoms with Crippen LogP contribution in [-0.2, 0) is 31.2 Å². The summed E-state index contributed by atoms with van der Waals surface area (Å²) in [5, 5.41) is 8.83. The SMILES string of the molecule is C[C@H](CCNC(=O)C(CC(=O)NC(c1ccccc1)(c1ccccc1)c1ccccc1)NC(=O)OCc1ccccc1)COC(C)(C)C. The summed E-state index contributed by atoms with van der Waals surface area (Å²) in [5.74, 6) is -0.712. The molecule has 0 radical (unpaired) electrons. The molecule has 48 heavy (non-hydrogen) atoms. The third-order valence-electron chi connectivity index (χ3n) is 7.90. The minimum absolute atomic E-state index is 0.0254. The quantitative estimate of drug-likeness (QED) is 0.124. The summed E-state index contributed by atoms with van der Waals surface area (Å²) in [7, 11) is 0. The molecular weight excluding hydrogens is 602 g/mol. The molecule has 3 N–H and O–H groups in total. The Morgan fingerprint density at radius 2 is 1.19 bits per heavy atom. The van der Waals surface area contributed by atoms with E-state index < -0.39 is 29.5 Å². The number of rotatable bonds is 15. The molecule has 3 amide bonds. The number of carbonyl (C=O) groups excluding carboxylic acids is 3. The Morgan fingerprint density at radius 3 is 1.67 bits per heavy atom. The molecule has 252 valence electrons. The van der Waals surface area contributed by atoms with E-state index in [4.69, 9.17) is 9.47 Å². The van der Waals surface area contributed by atoms with Crippen LogP contribution in [0, 0.1) is 5.92 Å². The number of amides is 3. The van der Waals surface area contributed by atoms with Crippen LogP contribution in [0.15, 0.2) is 121 Å². The third-order valence-corrected chi connectivity index (χ3v) is 7.90. The zero-order chi connectivity index (χ0) is 34.4. The van der Waals surface area contributed by atoms with Gasteiger partial charge < -0.3 is 25.4 Å². The Morgan fingerprint density at radius 1 is 0.708 bits per heavy atom. The van der Waals surface area contributed by atoms with Gasteiger partial charge in [-0.15, -0.1) is 0 Å². The number of nitrogens with one attached hydrogen (secondary N) is 3. The molecule has 0 aliphatic heterocycles. The molecule has 4 aromatic carbocycles. The molecule has 0 heterocycles. The largest absolute Gasteiger partial charge is 0.445 e. The van der Waals surface area contributed by atoms with Crippen LogP contribution in [0.4, 0.5) is 4.79 Å². The highest BCUT2D eigenvalue weighted by atomic mass is 16.5. The van der Waals surface area contributed by atoms with Crippen LogP contribution in [0.2, 0.25) is 0 Å². The van der Waals surface area contributed by atoms with Crippen molar-refractivity contribution in [1.29, 1.82) is 0 Å². The summed E-state index contributed by atoms with van der Waals surface area (Å²) in [5.41, 5.74) is 2.01. The van der Waals surface area contributed by atoms with Gasteiger partial charge in [0, 0.05) is 13.2 Å². The topological polar surface area (TPSA) is 106 Å². The number of hydrogen-bond donors (Lipinski definition) is 3. The molecule has 0 fully saturated rings. The standard InChI is InChI=1S/C40H47N3O5/c1-30(28-48-39(2,3)4)25-26-41-37(45)35(42-38(46)47-29-31-17-9-5-10-18-31)27-36(44)43-40(32-19-11-6-12-20-32,33-21-13-7-14-22-33)34-23-15-8-16-24-34/h5-24,30,35H,25-29H2,1-4H3,(H,41,45)(H,42,46)(H,43,44)/t30-,35?/m1/s1. The van der Waals surface area contributed by atoms with Crippen LogP contribution in [0.3, 0.4) is 0 Å². The molecule has 2 atom stereocenters. The summed E-state index contributed by atoms with van der Waals surface area (Å²) in [6.45, 7) is 8.99. The van der Waals surface area contributed by atoms with E-state index in [2.05, 4.69) is 22.9 Å². The predicted octanol–water partition coefficient (Wildman–Crippen LogP) is 6.74. The zero-order valence-corrected chi connectivity index (χ0v) is 28.3. The molecular formula is C40H47N3O5. The van der Waals surface area contributed by atoms with Gasteiger partial charge in [-0.05, 0) is 55.4 Å². The fourth-order valence-corrected chi connectivity index (χ4v) is 5.38. The van der Waals surface area contributed by atoms with Crippen LogP contribution in [0.25, 0.3) is 0 Å². The molecule has 0 spiro atoms. The van der Waals surface area contributed by atoms with Crippen molar-refractivity contribution in [3.63, 3.8) is 0 Å². The lowest BCUT2D eigenvalue weighted by atomic mass is 9.77. The van der Waals surface area contributed by atoms with Crippen LogP contribution < -0.4 is 16.0 Å². The predicted molar refractivity (Wildman–Crippen MR) is 188 cm³/mol. The first-order valence-corrected chi connectivity index (χ1v) is 16.4. The minimum atomic E-state index is -1.19. The highest BCUT2D eigenvalue weighted by Gasteiger charge is 2.39. The summed E-state index contributed by atoms with van der Waals surface area (Å²) in [4.78, 5) is 40.6. The second kappa shape index (κ2) is 17.3. The fraction of sp³-hybridized carbons (Fsp3) is 0.325. The Kier molecular flexibility index (Phi) is 12.9. The maximum absolute atomic E-state index is 14.1. The number of alkyl carbamates (subject to hydrolysis) is 1. The normalized spacial score (nSPS) is 12.8. The molecule has 4 aromatic rings. The summed E-state index contributed by atoms with van der Waals surface area (Å²) < 4.78 is 11.3. The first kappa shape index (κ1) is 35.9. The van der Waals surface area contributed by atoms with Gasteiger partial charge in [0.1, 0.15) is 18.2 Å². The van der Waals surface area contributed by atoms with Crippen molar-refractivity contribution in [1.82, 2.24) is 16.0 Å². The number of hydrogen-bond acceptors (Lipinski definition) is 5. The van der Waals surface area contributed by atoms with Gasteiger partial charge in [0.25, 0.3) is 0 Å². The zero-order valence-electron chi connectivity index (χ0n) is 28.3. The third kappa shape index (κ3) is 10.5. The van der Waals surface area contributed by atoms with Crippen LogP contribution in [0.1, 0.15) is 62.8 Å². The van der Waals surface area contributed by atoms with E-state index in [1.807, 2.05) is 142 Å². The average Bonchev–Trinajstić information content (AvgIpc) is 3.10. The second-order valence-corrected chi connectivity index (χ2v) is 13.0.